The molecule has 2 atom stereocenters. The summed E-state index contributed by atoms with van der Waals surface area (Å²) in [5, 5.41) is 0. The first-order valence-electron chi connectivity index (χ1n) is 8.18. The predicted octanol–water partition coefficient (Wildman–Crippen LogP) is 2.47. The number of piperidine rings is 1. The number of hydrogen-bond acceptors (Lipinski definition) is 3. The Bertz CT molecular complexity index is 535. The lowest BCUT2D eigenvalue weighted by molar-refractivity contribution is 0.140. The Morgan fingerprint density at radius 2 is 1.77 bits per heavy atom. The van der Waals surface area contributed by atoms with E-state index in [9.17, 15) is 8.42 Å². The van der Waals surface area contributed by atoms with Crippen LogP contribution in [0.4, 0.5) is 0 Å². The van der Waals surface area contributed by atoms with Gasteiger partial charge in [0.25, 0.3) is 0 Å². The smallest absolute Gasteiger partial charge is 0.215 e. The third-order valence-electron chi connectivity index (χ3n) is 4.12. The van der Waals surface area contributed by atoms with Crippen LogP contribution in [0.5, 0.6) is 0 Å². The van der Waals surface area contributed by atoms with E-state index in [0.717, 1.165) is 43.5 Å². The van der Waals surface area contributed by atoms with E-state index >= 15 is 0 Å². The van der Waals surface area contributed by atoms with Crippen LogP contribution in [0.2, 0.25) is 0 Å². The second kappa shape index (κ2) is 8.09. The second-order valence-corrected chi connectivity index (χ2v) is 8.51. The Balaban J connectivity index is 1.69. The van der Waals surface area contributed by atoms with E-state index in [2.05, 4.69) is 23.5 Å². The van der Waals surface area contributed by atoms with Gasteiger partial charge >= 0.3 is 0 Å². The number of nitrogens with zero attached hydrogens (tertiary/aromatic N) is 1. The van der Waals surface area contributed by atoms with Gasteiger partial charge in [0.15, 0.2) is 0 Å². The summed E-state index contributed by atoms with van der Waals surface area (Å²) >= 11 is 0. The van der Waals surface area contributed by atoms with E-state index in [1.165, 1.54) is 6.42 Å². The Kier molecular flexibility index (Phi) is 6.41. The molecule has 0 aliphatic carbocycles. The first kappa shape index (κ1) is 17.4. The van der Waals surface area contributed by atoms with Crippen molar-refractivity contribution in [2.75, 3.05) is 26.2 Å². The van der Waals surface area contributed by atoms with Crippen LogP contribution in [0, 0.1) is 11.8 Å². The van der Waals surface area contributed by atoms with Crippen molar-refractivity contribution in [3.63, 3.8) is 0 Å². The Morgan fingerprint density at radius 3 is 2.41 bits per heavy atom. The first-order valence-corrected chi connectivity index (χ1v) is 9.83. The molecule has 1 aromatic carbocycles. The molecule has 0 radical (unpaired) electrons. The Hall–Kier alpha value is -0.910. The Labute approximate surface area is 135 Å². The van der Waals surface area contributed by atoms with Gasteiger partial charge in [-0.25, -0.2) is 13.1 Å². The van der Waals surface area contributed by atoms with E-state index < -0.39 is 10.0 Å². The molecule has 1 aliphatic rings. The van der Waals surface area contributed by atoms with Crippen LogP contribution in [0.3, 0.4) is 0 Å². The largest absolute Gasteiger partial charge is 0.303 e. The van der Waals surface area contributed by atoms with Crippen LogP contribution < -0.4 is 4.72 Å². The lowest BCUT2D eigenvalue weighted by Gasteiger charge is -2.34. The predicted molar refractivity (Wildman–Crippen MR) is 91.1 cm³/mol. The van der Waals surface area contributed by atoms with Gasteiger partial charge in [0.2, 0.25) is 10.0 Å². The lowest BCUT2D eigenvalue weighted by Crippen LogP contribution is -2.40. The zero-order valence-electron chi connectivity index (χ0n) is 13.7. The van der Waals surface area contributed by atoms with Gasteiger partial charge in [-0.2, -0.15) is 0 Å². The minimum absolute atomic E-state index is 0.0611. The fourth-order valence-corrected chi connectivity index (χ4v) is 4.54. The van der Waals surface area contributed by atoms with Gasteiger partial charge in [-0.1, -0.05) is 44.2 Å². The van der Waals surface area contributed by atoms with E-state index in [-0.39, 0.29) is 5.75 Å². The minimum atomic E-state index is -3.23. The van der Waals surface area contributed by atoms with Crippen LogP contribution in [-0.2, 0) is 15.8 Å². The van der Waals surface area contributed by atoms with Crippen molar-refractivity contribution in [1.82, 2.24) is 9.62 Å². The molecule has 0 aromatic heterocycles. The molecule has 1 N–H and O–H groups in total. The standard InChI is InChI=1S/C17H28N2O2S/c1-15-11-16(2)13-19(12-15)10-6-9-18-22(20,21)14-17-7-4-3-5-8-17/h3-5,7-8,15-16,18H,6,9-14H2,1-2H3/t15-,16-/m1/s1. The molecule has 1 fully saturated rings. The topological polar surface area (TPSA) is 49.4 Å². The van der Waals surface area contributed by atoms with E-state index in [0.29, 0.717) is 6.54 Å². The highest BCUT2D eigenvalue weighted by Crippen LogP contribution is 2.20. The quantitative estimate of drug-likeness (QED) is 0.784. The average molecular weight is 324 g/mol. The highest BCUT2D eigenvalue weighted by Gasteiger charge is 2.21. The summed E-state index contributed by atoms with van der Waals surface area (Å²) in [6.45, 7) is 8.37. The zero-order chi connectivity index (χ0) is 16.0. The summed E-state index contributed by atoms with van der Waals surface area (Å²) in [5.41, 5.74) is 0.827. The van der Waals surface area contributed by atoms with E-state index in [4.69, 9.17) is 0 Å². The highest BCUT2D eigenvalue weighted by atomic mass is 32.2. The molecule has 1 heterocycles. The number of sulfonamides is 1. The minimum Gasteiger partial charge on any atom is -0.303 e. The highest BCUT2D eigenvalue weighted by molar-refractivity contribution is 7.88. The van der Waals surface area contributed by atoms with Crippen molar-refractivity contribution >= 4 is 10.0 Å². The Morgan fingerprint density at radius 1 is 1.14 bits per heavy atom. The van der Waals surface area contributed by atoms with Crippen molar-refractivity contribution in [2.24, 2.45) is 11.8 Å². The van der Waals surface area contributed by atoms with Crippen LogP contribution in [0.15, 0.2) is 30.3 Å². The normalized spacial score (nSPS) is 23.5. The van der Waals surface area contributed by atoms with Crippen LogP contribution in [-0.4, -0.2) is 39.5 Å². The van der Waals surface area contributed by atoms with Crippen molar-refractivity contribution in [3.8, 4) is 0 Å². The molecule has 0 bridgehead atoms. The summed E-state index contributed by atoms with van der Waals surface area (Å²) in [6, 6.07) is 9.31. The summed E-state index contributed by atoms with van der Waals surface area (Å²) < 4.78 is 26.8. The van der Waals surface area contributed by atoms with Gasteiger partial charge in [-0.15, -0.1) is 0 Å². The van der Waals surface area contributed by atoms with Crippen molar-refractivity contribution in [1.29, 1.82) is 0 Å². The second-order valence-electron chi connectivity index (χ2n) is 6.70. The molecular weight excluding hydrogens is 296 g/mol. The monoisotopic (exact) mass is 324 g/mol. The summed E-state index contributed by atoms with van der Waals surface area (Å²) in [5.74, 6) is 1.56. The molecule has 1 aromatic rings. The maximum atomic E-state index is 12.0. The van der Waals surface area contributed by atoms with Gasteiger partial charge < -0.3 is 4.90 Å². The molecule has 0 amide bonds. The number of likely N-dealkylation sites (tertiary alicyclic amines) is 1. The third kappa shape index (κ3) is 6.07. The molecule has 4 nitrogen and oxygen atoms in total. The van der Waals surface area contributed by atoms with Gasteiger partial charge in [0.1, 0.15) is 0 Å². The van der Waals surface area contributed by atoms with Crippen LogP contribution in [0.1, 0.15) is 32.3 Å². The maximum Gasteiger partial charge on any atom is 0.215 e. The molecular formula is C17H28N2O2S. The number of nitrogens with one attached hydrogen (secondary N) is 1. The molecule has 0 spiro atoms. The van der Waals surface area contributed by atoms with E-state index in [1.807, 2.05) is 30.3 Å². The number of benzene rings is 1. The fraction of sp³-hybridized carbons (Fsp3) is 0.647. The molecule has 1 aliphatic heterocycles. The van der Waals surface area contributed by atoms with E-state index in [1.54, 1.807) is 0 Å². The molecule has 0 saturated carbocycles. The third-order valence-corrected chi connectivity index (χ3v) is 5.47. The van der Waals surface area contributed by atoms with Crippen LogP contribution in [0.25, 0.3) is 0 Å². The molecule has 124 valence electrons. The average Bonchev–Trinajstić information content (AvgIpc) is 2.43. The van der Waals surface area contributed by atoms with Gasteiger partial charge in [0.05, 0.1) is 5.75 Å². The van der Waals surface area contributed by atoms with Crippen molar-refractivity contribution < 1.29 is 8.42 Å². The lowest BCUT2D eigenvalue weighted by atomic mass is 9.92. The first-order chi connectivity index (χ1) is 10.4. The molecule has 0 unspecified atom stereocenters. The fourth-order valence-electron chi connectivity index (χ4n) is 3.35. The van der Waals surface area contributed by atoms with Crippen LogP contribution >= 0.6 is 0 Å². The summed E-state index contributed by atoms with van der Waals surface area (Å²) in [4.78, 5) is 2.46. The zero-order valence-corrected chi connectivity index (χ0v) is 14.5. The van der Waals surface area contributed by atoms with Gasteiger partial charge in [0, 0.05) is 19.6 Å². The maximum absolute atomic E-state index is 12.0. The molecule has 1 saturated heterocycles. The summed E-state index contributed by atoms with van der Waals surface area (Å²) in [6.07, 6.45) is 2.17. The van der Waals surface area contributed by atoms with Crippen molar-refractivity contribution in [2.45, 2.75) is 32.4 Å². The van der Waals surface area contributed by atoms with Gasteiger partial charge in [-0.3, -0.25) is 0 Å². The number of hydrogen-bond donors (Lipinski definition) is 1. The summed E-state index contributed by atoms with van der Waals surface area (Å²) in [7, 11) is -3.23. The SMILES string of the molecule is C[C@@H]1C[C@@H](C)CN(CCCNS(=O)(=O)Cc2ccccc2)C1. The van der Waals surface area contributed by atoms with Crippen molar-refractivity contribution in [3.05, 3.63) is 35.9 Å². The van der Waals surface area contributed by atoms with Gasteiger partial charge in [-0.05, 0) is 36.8 Å². The molecule has 2 rings (SSSR count). The number of rotatable bonds is 7. The molecule has 5 heteroatoms. The molecule has 22 heavy (non-hydrogen) atoms.